The molecule has 190 valence electrons. The summed E-state index contributed by atoms with van der Waals surface area (Å²) in [6, 6.07) is 0. The Hall–Kier alpha value is -1.19. The van der Waals surface area contributed by atoms with Crippen LogP contribution in [-0.4, -0.2) is 118 Å². The maximum atomic E-state index is 12.2. The molecular weight excluding hydrogens is 444 g/mol. The van der Waals surface area contributed by atoms with Gasteiger partial charge in [0.05, 0.1) is 25.9 Å². The fourth-order valence-corrected chi connectivity index (χ4v) is 3.95. The molecule has 0 aliphatic carbocycles. The van der Waals surface area contributed by atoms with E-state index in [1.165, 1.54) is 13.0 Å². The van der Waals surface area contributed by atoms with Gasteiger partial charge in [0.15, 0.2) is 18.2 Å². The Morgan fingerprint density at radius 1 is 0.970 bits per heavy atom. The number of hydrogen-bond acceptors (Lipinski definition) is 12. The first kappa shape index (κ1) is 26.4. The highest BCUT2D eigenvalue weighted by Crippen LogP contribution is 2.29. The summed E-state index contributed by atoms with van der Waals surface area (Å²) < 4.78 is 26.9. The minimum Gasteiger partial charge on any atom is -0.459 e. The third-order valence-electron chi connectivity index (χ3n) is 6.15. The molecule has 0 saturated carbocycles. The van der Waals surface area contributed by atoms with Crippen LogP contribution in [0.15, 0.2) is 11.6 Å². The minimum atomic E-state index is -1.94. The molecule has 33 heavy (non-hydrogen) atoms. The van der Waals surface area contributed by atoms with E-state index in [1.54, 1.807) is 0 Å². The van der Waals surface area contributed by atoms with Gasteiger partial charge in [-0.2, -0.15) is 0 Å². The second-order valence-corrected chi connectivity index (χ2v) is 9.07. The molecule has 0 aromatic rings. The molecule has 10 atom stereocenters. The number of hydrogen-bond donors (Lipinski definition) is 6. The molecule has 0 radical (unpaired) electrons. The molecule has 12 heteroatoms. The molecule has 0 unspecified atom stereocenters. The Morgan fingerprint density at radius 3 is 2.42 bits per heavy atom. The predicted molar refractivity (Wildman–Crippen MR) is 108 cm³/mol. The Bertz CT molecular complexity index is 701. The van der Waals surface area contributed by atoms with E-state index in [4.69, 9.17) is 23.7 Å². The maximum absolute atomic E-state index is 12.2. The molecule has 3 aliphatic rings. The van der Waals surface area contributed by atoms with Crippen LogP contribution >= 0.6 is 0 Å². The lowest BCUT2D eigenvalue weighted by atomic mass is 9.98. The molecule has 0 spiro atoms. The van der Waals surface area contributed by atoms with Gasteiger partial charge >= 0.3 is 5.97 Å². The van der Waals surface area contributed by atoms with Gasteiger partial charge < -0.3 is 54.3 Å². The Morgan fingerprint density at radius 2 is 1.70 bits per heavy atom. The topological polar surface area (TPSA) is 185 Å². The average molecular weight is 478 g/mol. The van der Waals surface area contributed by atoms with Crippen molar-refractivity contribution < 1.29 is 59.1 Å². The van der Waals surface area contributed by atoms with Crippen molar-refractivity contribution in [3.05, 3.63) is 11.6 Å². The Kier molecular flexibility index (Phi) is 8.83. The molecule has 2 fully saturated rings. The van der Waals surface area contributed by atoms with Crippen LogP contribution in [0.1, 0.15) is 26.7 Å². The third-order valence-corrected chi connectivity index (χ3v) is 6.15. The van der Waals surface area contributed by atoms with Crippen molar-refractivity contribution in [3.8, 4) is 0 Å². The second kappa shape index (κ2) is 11.0. The lowest BCUT2D eigenvalue weighted by Gasteiger charge is -2.40. The quantitative estimate of drug-likeness (QED) is 0.202. The van der Waals surface area contributed by atoms with Crippen molar-refractivity contribution in [1.29, 1.82) is 0 Å². The van der Waals surface area contributed by atoms with Crippen LogP contribution < -0.4 is 0 Å². The Labute approximate surface area is 191 Å². The lowest BCUT2D eigenvalue weighted by Crippen LogP contribution is -2.59. The number of esters is 1. The SMILES string of the molecule is C/C1=C\[C@@H](O)C[C@@H](C)CCO[C@@H]2O[C@H](CO[C@@H]3OC[C@](O)(COC1=O)[C@H]3O)[C@@H](O)[C@H](O)[C@H]2O. The molecule has 0 amide bonds. The van der Waals surface area contributed by atoms with E-state index in [9.17, 15) is 35.4 Å². The number of aliphatic hydroxyl groups is 6. The number of ether oxygens (including phenoxy) is 5. The highest BCUT2D eigenvalue weighted by molar-refractivity contribution is 5.87. The predicted octanol–water partition coefficient (Wildman–Crippen LogP) is -2.44. The number of cyclic esters (lactones) is 1. The Balaban J connectivity index is 1.76. The summed E-state index contributed by atoms with van der Waals surface area (Å²) >= 11 is 0. The molecular formula is C21H34O12. The van der Waals surface area contributed by atoms with Crippen molar-refractivity contribution in [2.75, 3.05) is 26.4 Å². The highest BCUT2D eigenvalue weighted by atomic mass is 16.7. The average Bonchev–Trinajstić information content (AvgIpc) is 3.04. The van der Waals surface area contributed by atoms with Gasteiger partial charge in [-0.05, 0) is 31.8 Å². The zero-order valence-electron chi connectivity index (χ0n) is 18.6. The van der Waals surface area contributed by atoms with Gasteiger partial charge in [0.1, 0.15) is 37.1 Å². The van der Waals surface area contributed by atoms with Gasteiger partial charge in [-0.15, -0.1) is 0 Å². The second-order valence-electron chi connectivity index (χ2n) is 9.07. The lowest BCUT2D eigenvalue weighted by molar-refractivity contribution is -0.310. The maximum Gasteiger partial charge on any atom is 0.333 e. The molecule has 2 saturated heterocycles. The van der Waals surface area contributed by atoms with E-state index in [0.717, 1.165) is 0 Å². The van der Waals surface area contributed by atoms with Crippen LogP contribution in [0.5, 0.6) is 0 Å². The molecule has 3 aliphatic heterocycles. The van der Waals surface area contributed by atoms with Crippen LogP contribution in [-0.2, 0) is 28.5 Å². The van der Waals surface area contributed by atoms with Crippen molar-refractivity contribution in [2.24, 2.45) is 5.92 Å². The smallest absolute Gasteiger partial charge is 0.333 e. The van der Waals surface area contributed by atoms with Gasteiger partial charge in [0.25, 0.3) is 0 Å². The normalized spacial score (nSPS) is 48.1. The van der Waals surface area contributed by atoms with Gasteiger partial charge in [-0.25, -0.2) is 4.79 Å². The summed E-state index contributed by atoms with van der Waals surface area (Å²) in [6.45, 7) is 2.15. The largest absolute Gasteiger partial charge is 0.459 e. The fraction of sp³-hybridized carbons (Fsp3) is 0.857. The van der Waals surface area contributed by atoms with E-state index >= 15 is 0 Å². The van der Waals surface area contributed by atoms with E-state index in [0.29, 0.717) is 12.8 Å². The fourth-order valence-electron chi connectivity index (χ4n) is 3.95. The zero-order valence-corrected chi connectivity index (χ0v) is 18.6. The van der Waals surface area contributed by atoms with Crippen molar-refractivity contribution in [1.82, 2.24) is 0 Å². The first-order valence-electron chi connectivity index (χ1n) is 11.0. The number of rotatable bonds is 0. The van der Waals surface area contributed by atoms with Gasteiger partial charge in [-0.3, -0.25) is 0 Å². The number of carbonyl (C=O) groups is 1. The van der Waals surface area contributed by atoms with E-state index < -0.39 is 74.0 Å². The summed E-state index contributed by atoms with van der Waals surface area (Å²) in [4.78, 5) is 12.2. The summed E-state index contributed by atoms with van der Waals surface area (Å²) in [6.07, 6.45) is -8.64. The molecule has 4 bridgehead atoms. The minimum absolute atomic E-state index is 0.0266. The molecule has 0 aromatic heterocycles. The van der Waals surface area contributed by atoms with Crippen LogP contribution in [0.3, 0.4) is 0 Å². The molecule has 0 aromatic carbocycles. The summed E-state index contributed by atoms with van der Waals surface area (Å²) in [5, 5.41) is 62.0. The number of fused-ring (bicyclic) bond motifs is 4. The van der Waals surface area contributed by atoms with Crippen LogP contribution in [0.4, 0.5) is 0 Å². The van der Waals surface area contributed by atoms with Gasteiger partial charge in [0.2, 0.25) is 0 Å². The first-order chi connectivity index (χ1) is 15.5. The molecule has 6 N–H and O–H groups in total. The van der Waals surface area contributed by atoms with E-state index in [-0.39, 0.29) is 24.7 Å². The molecule has 12 nitrogen and oxygen atoms in total. The molecule has 3 rings (SSSR count). The summed E-state index contributed by atoms with van der Waals surface area (Å²) in [5.41, 5.74) is -1.80. The number of carbonyl (C=O) groups excluding carboxylic acids is 1. The van der Waals surface area contributed by atoms with Gasteiger partial charge in [-0.1, -0.05) is 6.92 Å². The molecule has 3 heterocycles. The highest BCUT2D eigenvalue weighted by Gasteiger charge is 2.51. The standard InChI is InChI=1S/C21H34O12/c1-10-3-4-29-19-16(25)15(24)14(23)13(33-19)7-30-20-17(26)21(28,9-32-20)8-31-18(27)11(2)6-12(22)5-10/h6,10,12-17,19-20,22-26,28H,3-5,7-9H2,1-2H3/b11-6+/t10-,12-,13+,14+,15-,16+,17-,19+,20+,21+/m0/s1. The zero-order chi connectivity index (χ0) is 24.3. The summed E-state index contributed by atoms with van der Waals surface area (Å²) in [7, 11) is 0. The van der Waals surface area contributed by atoms with Crippen LogP contribution in [0.2, 0.25) is 0 Å². The van der Waals surface area contributed by atoms with Crippen molar-refractivity contribution in [3.63, 3.8) is 0 Å². The van der Waals surface area contributed by atoms with Crippen LogP contribution in [0, 0.1) is 5.92 Å². The third kappa shape index (κ3) is 6.28. The van der Waals surface area contributed by atoms with E-state index in [2.05, 4.69) is 0 Å². The summed E-state index contributed by atoms with van der Waals surface area (Å²) in [5.74, 6) is -0.789. The van der Waals surface area contributed by atoms with E-state index in [1.807, 2.05) is 6.92 Å². The van der Waals surface area contributed by atoms with Crippen molar-refractivity contribution in [2.45, 2.75) is 81.5 Å². The monoisotopic (exact) mass is 478 g/mol. The number of aliphatic hydroxyl groups excluding tert-OH is 5. The van der Waals surface area contributed by atoms with Crippen molar-refractivity contribution >= 4 is 5.97 Å². The van der Waals surface area contributed by atoms with Gasteiger partial charge in [0, 0.05) is 5.57 Å². The first-order valence-corrected chi connectivity index (χ1v) is 11.0. The van der Waals surface area contributed by atoms with Crippen LogP contribution in [0.25, 0.3) is 0 Å².